The molecule has 1 fully saturated rings. The van der Waals surface area contributed by atoms with Crippen molar-refractivity contribution in [2.75, 3.05) is 20.1 Å². The maximum Gasteiger partial charge on any atom is 0.0300 e. The molecule has 0 aromatic carbocycles. The zero-order chi connectivity index (χ0) is 13.5. The second kappa shape index (κ2) is 8.40. The van der Waals surface area contributed by atoms with Gasteiger partial charge in [-0.15, -0.1) is 11.3 Å². The number of nitrogens with one attached hydrogen (secondary N) is 1. The van der Waals surface area contributed by atoms with Crippen LogP contribution in [0.1, 0.15) is 43.4 Å². The summed E-state index contributed by atoms with van der Waals surface area (Å²) in [6.07, 6.45) is 8.38. The number of thiophene rings is 1. The zero-order valence-corrected chi connectivity index (χ0v) is 14.2. The lowest BCUT2D eigenvalue weighted by atomic mass is 9.94. The Morgan fingerprint density at radius 1 is 1.37 bits per heavy atom. The first-order valence-corrected chi connectivity index (χ1v) is 9.07. The summed E-state index contributed by atoms with van der Waals surface area (Å²) in [5.41, 5.74) is 0. The Hall–Kier alpha value is 0.1000. The average molecular weight is 345 g/mol. The van der Waals surface area contributed by atoms with E-state index >= 15 is 0 Å². The van der Waals surface area contributed by atoms with Crippen LogP contribution < -0.4 is 5.32 Å². The quantitative estimate of drug-likeness (QED) is 0.743. The van der Waals surface area contributed by atoms with E-state index in [1.807, 2.05) is 11.3 Å². The van der Waals surface area contributed by atoms with Gasteiger partial charge in [0.25, 0.3) is 0 Å². The van der Waals surface area contributed by atoms with Gasteiger partial charge in [0, 0.05) is 27.3 Å². The minimum atomic E-state index is 0.849. The molecule has 0 spiro atoms. The van der Waals surface area contributed by atoms with E-state index in [9.17, 15) is 0 Å². The predicted molar refractivity (Wildman–Crippen MR) is 87.8 cm³/mol. The van der Waals surface area contributed by atoms with Crippen LogP contribution in [0.4, 0.5) is 0 Å². The molecule has 0 aliphatic heterocycles. The van der Waals surface area contributed by atoms with E-state index in [-0.39, 0.29) is 0 Å². The van der Waals surface area contributed by atoms with E-state index < -0.39 is 0 Å². The second-order valence-electron chi connectivity index (χ2n) is 5.53. The van der Waals surface area contributed by atoms with Gasteiger partial charge in [-0.05, 0) is 61.4 Å². The number of hydrogen-bond acceptors (Lipinski definition) is 3. The molecule has 0 radical (unpaired) electrons. The molecule has 0 bridgehead atoms. The van der Waals surface area contributed by atoms with Crippen LogP contribution in [-0.4, -0.2) is 31.1 Å². The van der Waals surface area contributed by atoms with Crippen LogP contribution in [0.5, 0.6) is 0 Å². The maximum absolute atomic E-state index is 3.54. The Morgan fingerprint density at radius 2 is 2.16 bits per heavy atom. The van der Waals surface area contributed by atoms with E-state index in [1.165, 1.54) is 54.4 Å². The van der Waals surface area contributed by atoms with Crippen molar-refractivity contribution in [3.05, 3.63) is 20.8 Å². The summed E-state index contributed by atoms with van der Waals surface area (Å²) in [5.74, 6) is 0. The number of hydrogen-bond donors (Lipinski definition) is 1. The van der Waals surface area contributed by atoms with Crippen LogP contribution in [0.3, 0.4) is 0 Å². The molecule has 1 aromatic heterocycles. The molecule has 0 saturated heterocycles. The lowest BCUT2D eigenvalue weighted by molar-refractivity contribution is 0.189. The molecule has 1 aliphatic rings. The van der Waals surface area contributed by atoms with Gasteiger partial charge < -0.3 is 10.2 Å². The molecule has 2 nitrogen and oxygen atoms in total. The standard InChI is InChI=1S/C15H25BrN2S/c1-18(14-6-3-2-4-7-14)9-5-8-17-11-15-10-13(16)12-19-15/h10,12,14,17H,2-9,11H2,1H3. The van der Waals surface area contributed by atoms with Gasteiger partial charge >= 0.3 is 0 Å². The van der Waals surface area contributed by atoms with Crippen molar-refractivity contribution < 1.29 is 0 Å². The monoisotopic (exact) mass is 344 g/mol. The van der Waals surface area contributed by atoms with Crippen molar-refractivity contribution >= 4 is 27.3 Å². The van der Waals surface area contributed by atoms with Crippen LogP contribution in [0, 0.1) is 0 Å². The van der Waals surface area contributed by atoms with Crippen molar-refractivity contribution in [1.82, 2.24) is 10.2 Å². The third-order valence-electron chi connectivity index (χ3n) is 3.98. The predicted octanol–water partition coefficient (Wildman–Crippen LogP) is 4.25. The minimum Gasteiger partial charge on any atom is -0.312 e. The molecule has 1 N–H and O–H groups in total. The Kier molecular flexibility index (Phi) is 6.85. The van der Waals surface area contributed by atoms with Gasteiger partial charge in [-0.1, -0.05) is 19.3 Å². The van der Waals surface area contributed by atoms with Crippen LogP contribution in [0.2, 0.25) is 0 Å². The molecule has 1 saturated carbocycles. The summed E-state index contributed by atoms with van der Waals surface area (Å²) in [5, 5.41) is 5.68. The van der Waals surface area contributed by atoms with Gasteiger partial charge in [-0.2, -0.15) is 0 Å². The molecular weight excluding hydrogens is 320 g/mol. The zero-order valence-electron chi connectivity index (χ0n) is 11.8. The molecule has 4 heteroatoms. The van der Waals surface area contributed by atoms with E-state index in [0.29, 0.717) is 0 Å². The Labute approximate surface area is 129 Å². The maximum atomic E-state index is 3.54. The molecular formula is C15H25BrN2S. The van der Waals surface area contributed by atoms with Gasteiger partial charge in [0.15, 0.2) is 0 Å². The Balaban J connectivity index is 1.53. The molecule has 2 rings (SSSR count). The molecule has 0 amide bonds. The first kappa shape index (κ1) is 15.5. The van der Waals surface area contributed by atoms with Crippen LogP contribution in [0.15, 0.2) is 15.9 Å². The highest BCUT2D eigenvalue weighted by molar-refractivity contribution is 9.10. The fourth-order valence-corrected chi connectivity index (χ4v) is 4.24. The van der Waals surface area contributed by atoms with Gasteiger partial charge in [0.2, 0.25) is 0 Å². The smallest absolute Gasteiger partial charge is 0.0300 e. The van der Waals surface area contributed by atoms with E-state index in [0.717, 1.165) is 19.1 Å². The van der Waals surface area contributed by atoms with Crippen LogP contribution >= 0.6 is 27.3 Å². The van der Waals surface area contributed by atoms with Crippen LogP contribution in [0.25, 0.3) is 0 Å². The lowest BCUT2D eigenvalue weighted by Gasteiger charge is -2.31. The molecule has 0 atom stereocenters. The van der Waals surface area contributed by atoms with Gasteiger partial charge in [0.05, 0.1) is 0 Å². The third-order valence-corrected chi connectivity index (χ3v) is 5.68. The first-order valence-electron chi connectivity index (χ1n) is 7.39. The Morgan fingerprint density at radius 3 is 2.84 bits per heavy atom. The lowest BCUT2D eigenvalue weighted by Crippen LogP contribution is -2.35. The third kappa shape index (κ3) is 5.54. The van der Waals surface area contributed by atoms with Gasteiger partial charge in [-0.3, -0.25) is 0 Å². The summed E-state index contributed by atoms with van der Waals surface area (Å²) < 4.78 is 1.20. The first-order chi connectivity index (χ1) is 9.25. The average Bonchev–Trinajstić information content (AvgIpc) is 2.85. The molecule has 0 unspecified atom stereocenters. The summed E-state index contributed by atoms with van der Waals surface area (Å²) in [4.78, 5) is 3.98. The van der Waals surface area contributed by atoms with E-state index in [4.69, 9.17) is 0 Å². The largest absolute Gasteiger partial charge is 0.312 e. The number of halogens is 1. The highest BCUT2D eigenvalue weighted by Crippen LogP contribution is 2.21. The topological polar surface area (TPSA) is 15.3 Å². The van der Waals surface area contributed by atoms with Crippen molar-refractivity contribution in [3.63, 3.8) is 0 Å². The van der Waals surface area contributed by atoms with Gasteiger partial charge in [-0.25, -0.2) is 0 Å². The summed E-state index contributed by atoms with van der Waals surface area (Å²) in [6.45, 7) is 3.35. The normalized spacial score (nSPS) is 17.2. The van der Waals surface area contributed by atoms with Gasteiger partial charge in [0.1, 0.15) is 0 Å². The molecule has 108 valence electrons. The summed E-state index contributed by atoms with van der Waals surface area (Å²) in [7, 11) is 2.30. The summed E-state index contributed by atoms with van der Waals surface area (Å²) in [6, 6.07) is 3.05. The van der Waals surface area contributed by atoms with Crippen molar-refractivity contribution in [3.8, 4) is 0 Å². The van der Waals surface area contributed by atoms with Crippen LogP contribution in [-0.2, 0) is 6.54 Å². The fraction of sp³-hybridized carbons (Fsp3) is 0.733. The Bertz CT molecular complexity index is 361. The van der Waals surface area contributed by atoms with Crippen molar-refractivity contribution in [2.24, 2.45) is 0 Å². The number of rotatable bonds is 7. The number of nitrogens with zero attached hydrogens (tertiary/aromatic N) is 1. The van der Waals surface area contributed by atoms with E-state index in [1.54, 1.807) is 0 Å². The minimum absolute atomic E-state index is 0.849. The van der Waals surface area contributed by atoms with Crippen molar-refractivity contribution in [1.29, 1.82) is 0 Å². The molecule has 19 heavy (non-hydrogen) atoms. The van der Waals surface area contributed by atoms with E-state index in [2.05, 4.69) is 44.6 Å². The summed E-state index contributed by atoms with van der Waals surface area (Å²) >= 11 is 5.31. The van der Waals surface area contributed by atoms with Crippen molar-refractivity contribution in [2.45, 2.75) is 51.1 Å². The molecule has 1 aliphatic carbocycles. The molecule has 1 aromatic rings. The second-order valence-corrected chi connectivity index (χ2v) is 7.45. The SMILES string of the molecule is CN(CCCNCc1cc(Br)cs1)C1CCCCC1. The highest BCUT2D eigenvalue weighted by atomic mass is 79.9. The fourth-order valence-electron chi connectivity index (χ4n) is 2.82. The molecule has 1 heterocycles. The highest BCUT2D eigenvalue weighted by Gasteiger charge is 2.16.